The molecule has 2 aromatic heterocycles. The van der Waals surface area contributed by atoms with E-state index in [1.807, 2.05) is 0 Å². The Morgan fingerprint density at radius 1 is 1.19 bits per heavy atom. The number of methoxy groups -OCH3 is 1. The van der Waals surface area contributed by atoms with Gasteiger partial charge in [-0.05, 0) is 24.3 Å². The molecule has 0 fully saturated rings. The molecular formula is C16H16FN5O3S. The summed E-state index contributed by atoms with van der Waals surface area (Å²) < 4.78 is 47.3. The summed E-state index contributed by atoms with van der Waals surface area (Å²) in [5.74, 6) is 0.209. The van der Waals surface area contributed by atoms with Crippen molar-refractivity contribution in [2.45, 2.75) is 11.4 Å². The van der Waals surface area contributed by atoms with Crippen LogP contribution in [-0.2, 0) is 16.6 Å². The highest BCUT2D eigenvalue weighted by molar-refractivity contribution is 7.89. The molecule has 3 rings (SSSR count). The molecule has 0 atom stereocenters. The fourth-order valence-electron chi connectivity index (χ4n) is 2.31. The summed E-state index contributed by atoms with van der Waals surface area (Å²) in [6.07, 6.45) is 6.48. The van der Waals surface area contributed by atoms with Crippen LogP contribution >= 0.6 is 0 Å². The topological polar surface area (TPSA) is 99.0 Å². The Morgan fingerprint density at radius 2 is 1.96 bits per heavy atom. The average molecular weight is 377 g/mol. The van der Waals surface area contributed by atoms with Gasteiger partial charge in [-0.1, -0.05) is 0 Å². The number of ether oxygens (including phenoxy) is 1. The van der Waals surface area contributed by atoms with Gasteiger partial charge in [-0.3, -0.25) is 0 Å². The van der Waals surface area contributed by atoms with E-state index < -0.39 is 15.8 Å². The molecule has 0 bridgehead atoms. The number of rotatable bonds is 7. The first-order valence-corrected chi connectivity index (χ1v) is 9.11. The summed E-state index contributed by atoms with van der Waals surface area (Å²) in [6, 6.07) is 5.16. The lowest BCUT2D eigenvalue weighted by Crippen LogP contribution is -2.27. The van der Waals surface area contributed by atoms with Crippen molar-refractivity contribution < 1.29 is 17.5 Å². The van der Waals surface area contributed by atoms with E-state index in [2.05, 4.69) is 19.7 Å². The Labute approximate surface area is 149 Å². The van der Waals surface area contributed by atoms with Gasteiger partial charge < -0.3 is 9.30 Å². The molecule has 26 heavy (non-hydrogen) atoms. The van der Waals surface area contributed by atoms with Crippen LogP contribution in [0.15, 0.2) is 53.9 Å². The molecule has 2 heterocycles. The van der Waals surface area contributed by atoms with E-state index in [0.29, 0.717) is 18.2 Å². The zero-order chi connectivity index (χ0) is 18.6. The van der Waals surface area contributed by atoms with E-state index in [1.165, 1.54) is 19.2 Å². The number of sulfonamides is 1. The van der Waals surface area contributed by atoms with Gasteiger partial charge in [-0.15, -0.1) is 0 Å². The van der Waals surface area contributed by atoms with Crippen LogP contribution in [0.4, 0.5) is 4.39 Å². The smallest absolute Gasteiger partial charge is 0.240 e. The first-order valence-electron chi connectivity index (χ1n) is 7.63. The first-order chi connectivity index (χ1) is 12.5. The third kappa shape index (κ3) is 3.86. The molecule has 0 spiro atoms. The molecule has 1 aromatic carbocycles. The van der Waals surface area contributed by atoms with Crippen LogP contribution < -0.4 is 9.46 Å². The lowest BCUT2D eigenvalue weighted by molar-refractivity contribution is 0.385. The SMILES string of the molecule is COc1ccc(S(=O)(=O)NCCn2ccnc2-c2ncccn2)cc1F. The van der Waals surface area contributed by atoms with Crippen molar-refractivity contribution in [3.8, 4) is 17.4 Å². The van der Waals surface area contributed by atoms with E-state index in [0.717, 1.165) is 6.07 Å². The van der Waals surface area contributed by atoms with Crippen LogP contribution in [-0.4, -0.2) is 41.6 Å². The van der Waals surface area contributed by atoms with Crippen molar-refractivity contribution in [1.29, 1.82) is 0 Å². The fourth-order valence-corrected chi connectivity index (χ4v) is 3.34. The average Bonchev–Trinajstić information content (AvgIpc) is 3.10. The number of benzene rings is 1. The van der Waals surface area contributed by atoms with Crippen molar-refractivity contribution in [3.05, 3.63) is 54.9 Å². The predicted molar refractivity (Wildman–Crippen MR) is 91.4 cm³/mol. The van der Waals surface area contributed by atoms with E-state index in [4.69, 9.17) is 4.74 Å². The Hall–Kier alpha value is -2.85. The fraction of sp³-hybridized carbons (Fsp3) is 0.188. The molecule has 0 radical (unpaired) electrons. The van der Waals surface area contributed by atoms with Crippen LogP contribution in [0.2, 0.25) is 0 Å². The normalized spacial score (nSPS) is 11.5. The van der Waals surface area contributed by atoms with Gasteiger partial charge >= 0.3 is 0 Å². The van der Waals surface area contributed by atoms with Gasteiger partial charge in [0, 0.05) is 37.9 Å². The Bertz CT molecular complexity index is 992. The molecule has 0 amide bonds. The van der Waals surface area contributed by atoms with E-state index in [-0.39, 0.29) is 17.2 Å². The van der Waals surface area contributed by atoms with E-state index >= 15 is 0 Å². The number of halogens is 1. The molecule has 3 aromatic rings. The lowest BCUT2D eigenvalue weighted by Gasteiger charge is -2.10. The van der Waals surface area contributed by atoms with Gasteiger partial charge in [-0.2, -0.15) is 0 Å². The molecule has 0 aliphatic rings. The molecule has 0 saturated carbocycles. The Balaban J connectivity index is 1.69. The van der Waals surface area contributed by atoms with Crippen molar-refractivity contribution in [3.63, 3.8) is 0 Å². The van der Waals surface area contributed by atoms with Crippen molar-refractivity contribution in [2.24, 2.45) is 0 Å². The van der Waals surface area contributed by atoms with Crippen LogP contribution in [0.1, 0.15) is 0 Å². The quantitative estimate of drug-likeness (QED) is 0.669. The molecule has 1 N–H and O–H groups in total. The predicted octanol–water partition coefficient (Wildman–Crippen LogP) is 1.47. The highest BCUT2D eigenvalue weighted by Crippen LogP contribution is 2.20. The molecule has 0 saturated heterocycles. The second kappa shape index (κ2) is 7.58. The molecule has 136 valence electrons. The molecule has 0 unspecified atom stereocenters. The third-order valence-corrected chi connectivity index (χ3v) is 5.02. The van der Waals surface area contributed by atoms with Crippen molar-refractivity contribution in [1.82, 2.24) is 24.2 Å². The first kappa shape index (κ1) is 18.0. The monoisotopic (exact) mass is 377 g/mol. The van der Waals surface area contributed by atoms with Gasteiger partial charge in [0.15, 0.2) is 23.2 Å². The summed E-state index contributed by atoms with van der Waals surface area (Å²) in [7, 11) is -2.54. The maximum absolute atomic E-state index is 13.7. The summed E-state index contributed by atoms with van der Waals surface area (Å²) >= 11 is 0. The minimum Gasteiger partial charge on any atom is -0.494 e. The van der Waals surface area contributed by atoms with E-state index in [1.54, 1.807) is 35.4 Å². The van der Waals surface area contributed by atoms with Gasteiger partial charge in [0.25, 0.3) is 0 Å². The van der Waals surface area contributed by atoms with E-state index in [9.17, 15) is 12.8 Å². The van der Waals surface area contributed by atoms with Crippen LogP contribution in [0.25, 0.3) is 11.6 Å². The van der Waals surface area contributed by atoms with Gasteiger partial charge in [0.1, 0.15) is 0 Å². The number of nitrogens with one attached hydrogen (secondary N) is 1. The lowest BCUT2D eigenvalue weighted by atomic mass is 10.3. The number of aromatic nitrogens is 4. The second-order valence-electron chi connectivity index (χ2n) is 5.21. The number of imidazole rings is 1. The largest absolute Gasteiger partial charge is 0.494 e. The zero-order valence-corrected chi connectivity index (χ0v) is 14.6. The van der Waals surface area contributed by atoms with Gasteiger partial charge in [0.05, 0.1) is 12.0 Å². The third-order valence-electron chi connectivity index (χ3n) is 3.56. The molecule has 0 aliphatic heterocycles. The van der Waals surface area contributed by atoms with Crippen LogP contribution in [0.5, 0.6) is 5.75 Å². The highest BCUT2D eigenvalue weighted by Gasteiger charge is 2.17. The van der Waals surface area contributed by atoms with Crippen LogP contribution in [0.3, 0.4) is 0 Å². The van der Waals surface area contributed by atoms with Gasteiger partial charge in [0.2, 0.25) is 10.0 Å². The maximum Gasteiger partial charge on any atom is 0.240 e. The molecular weight excluding hydrogens is 361 g/mol. The molecule has 10 heteroatoms. The Kier molecular flexibility index (Phi) is 5.24. The number of nitrogens with zero attached hydrogens (tertiary/aromatic N) is 4. The highest BCUT2D eigenvalue weighted by atomic mass is 32.2. The standard InChI is InChI=1S/C16H16FN5O3S/c1-25-14-4-3-12(11-13(14)17)26(23,24)21-8-10-22-9-7-20-16(22)15-18-5-2-6-19-15/h2-7,9,11,21H,8,10H2,1H3. The second-order valence-corrected chi connectivity index (χ2v) is 6.98. The zero-order valence-electron chi connectivity index (χ0n) is 13.8. The van der Waals surface area contributed by atoms with Crippen molar-refractivity contribution in [2.75, 3.05) is 13.7 Å². The summed E-state index contributed by atoms with van der Waals surface area (Å²) in [5, 5.41) is 0. The molecule has 8 nitrogen and oxygen atoms in total. The van der Waals surface area contributed by atoms with Crippen molar-refractivity contribution >= 4 is 10.0 Å². The summed E-state index contributed by atoms with van der Waals surface area (Å²) in [4.78, 5) is 12.3. The summed E-state index contributed by atoms with van der Waals surface area (Å²) in [6.45, 7) is 0.400. The van der Waals surface area contributed by atoms with Gasteiger partial charge in [-0.25, -0.2) is 32.5 Å². The Morgan fingerprint density at radius 3 is 2.65 bits per heavy atom. The molecule has 0 aliphatic carbocycles. The number of hydrogen-bond donors (Lipinski definition) is 1. The minimum atomic E-state index is -3.85. The van der Waals surface area contributed by atoms with Crippen LogP contribution in [0, 0.1) is 5.82 Å². The maximum atomic E-state index is 13.7. The minimum absolute atomic E-state index is 0.0186. The summed E-state index contributed by atoms with van der Waals surface area (Å²) in [5.41, 5.74) is 0. The number of hydrogen-bond acceptors (Lipinski definition) is 6.